The second kappa shape index (κ2) is 4.17. The number of hydrogen-bond donors (Lipinski definition) is 0. The van der Waals surface area contributed by atoms with Gasteiger partial charge in [-0.15, -0.1) is 0 Å². The maximum absolute atomic E-state index is 13.3. The van der Waals surface area contributed by atoms with E-state index < -0.39 is 11.6 Å². The molecule has 0 spiro atoms. The summed E-state index contributed by atoms with van der Waals surface area (Å²) >= 11 is 1.81. The molecule has 1 radical (unpaired) electrons. The highest BCUT2D eigenvalue weighted by Gasteiger charge is 2.18. The van der Waals surface area contributed by atoms with Crippen molar-refractivity contribution in [3.05, 3.63) is 29.8 Å². The van der Waals surface area contributed by atoms with Gasteiger partial charge in [0.05, 0.1) is 0 Å². The molecular formula is C10H10F2NS. The van der Waals surface area contributed by atoms with Crippen LogP contribution in [0.3, 0.4) is 0 Å². The van der Waals surface area contributed by atoms with E-state index in [0.29, 0.717) is 13.1 Å². The molecule has 0 unspecified atom stereocenters. The van der Waals surface area contributed by atoms with Crippen LogP contribution in [0, 0.1) is 17.7 Å². The lowest BCUT2D eigenvalue weighted by atomic mass is 10.2. The van der Waals surface area contributed by atoms with Crippen LogP contribution >= 0.6 is 11.8 Å². The van der Waals surface area contributed by atoms with Crippen molar-refractivity contribution < 1.29 is 8.78 Å². The summed E-state index contributed by atoms with van der Waals surface area (Å²) in [4.78, 5) is 1.76. The molecule has 0 atom stereocenters. The summed E-state index contributed by atoms with van der Waals surface area (Å²) in [7, 11) is 0. The van der Waals surface area contributed by atoms with Crippen LogP contribution in [-0.2, 0) is 0 Å². The van der Waals surface area contributed by atoms with Crippen LogP contribution < -0.4 is 4.90 Å². The molecule has 4 heteroatoms. The zero-order valence-corrected chi connectivity index (χ0v) is 8.41. The number of anilines is 1. The Labute approximate surface area is 86.1 Å². The normalized spacial score (nSPS) is 17.1. The molecule has 1 aliphatic rings. The van der Waals surface area contributed by atoms with E-state index >= 15 is 0 Å². The third-order valence-corrected chi connectivity index (χ3v) is 3.14. The van der Waals surface area contributed by atoms with Gasteiger partial charge in [0.15, 0.2) is 0 Å². The molecule has 1 fully saturated rings. The van der Waals surface area contributed by atoms with Crippen LogP contribution in [0.15, 0.2) is 12.1 Å². The highest BCUT2D eigenvalue weighted by Crippen LogP contribution is 2.25. The first-order chi connectivity index (χ1) is 6.79. The molecule has 1 aromatic carbocycles. The van der Waals surface area contributed by atoms with Crippen molar-refractivity contribution in [2.45, 2.75) is 0 Å². The molecule has 1 saturated heterocycles. The lowest BCUT2D eigenvalue weighted by molar-refractivity contribution is 0.573. The largest absolute Gasteiger partial charge is 0.365 e. The number of hydrogen-bond acceptors (Lipinski definition) is 2. The summed E-state index contributed by atoms with van der Waals surface area (Å²) in [5, 5.41) is 0. The third kappa shape index (κ3) is 1.85. The number of thioether (sulfide) groups is 1. The van der Waals surface area contributed by atoms with E-state index in [1.54, 1.807) is 4.90 Å². The molecule has 0 aliphatic carbocycles. The van der Waals surface area contributed by atoms with Gasteiger partial charge in [-0.3, -0.25) is 0 Å². The summed E-state index contributed by atoms with van der Waals surface area (Å²) < 4.78 is 26.6. The first kappa shape index (κ1) is 9.77. The van der Waals surface area contributed by atoms with Gasteiger partial charge < -0.3 is 4.90 Å². The molecule has 1 aliphatic heterocycles. The third-order valence-electron chi connectivity index (χ3n) is 2.20. The highest BCUT2D eigenvalue weighted by atomic mass is 32.2. The Hall–Kier alpha value is -0.770. The zero-order valence-electron chi connectivity index (χ0n) is 7.59. The predicted molar refractivity (Wildman–Crippen MR) is 54.7 cm³/mol. The van der Waals surface area contributed by atoms with E-state index in [-0.39, 0.29) is 5.69 Å². The second-order valence-electron chi connectivity index (χ2n) is 3.10. The van der Waals surface area contributed by atoms with Crippen LogP contribution in [0.2, 0.25) is 0 Å². The molecule has 0 bridgehead atoms. The Morgan fingerprint density at radius 1 is 1.14 bits per heavy atom. The monoisotopic (exact) mass is 214 g/mol. The fraction of sp³-hybridized carbons (Fsp3) is 0.400. The van der Waals surface area contributed by atoms with E-state index in [9.17, 15) is 8.78 Å². The fourth-order valence-corrected chi connectivity index (χ4v) is 2.43. The van der Waals surface area contributed by atoms with Gasteiger partial charge in [-0.25, -0.2) is 8.78 Å². The SMILES string of the molecule is Fc1c[c]cc(F)c1N1CCSCC1. The minimum Gasteiger partial charge on any atom is -0.365 e. The summed E-state index contributed by atoms with van der Waals surface area (Å²) in [6, 6.07) is 4.79. The smallest absolute Gasteiger partial charge is 0.150 e. The quantitative estimate of drug-likeness (QED) is 0.705. The standard InChI is InChI=1S/C10H10F2NS/c11-8-2-1-3-9(12)10(8)13-4-6-14-7-5-13/h2-3H,4-7H2. The summed E-state index contributed by atoms with van der Waals surface area (Å²) in [5.74, 6) is 0.823. The minimum atomic E-state index is -0.517. The Morgan fingerprint density at radius 3 is 2.29 bits per heavy atom. The van der Waals surface area contributed by atoms with Crippen LogP contribution in [0.1, 0.15) is 0 Å². The van der Waals surface area contributed by atoms with Gasteiger partial charge in [0.1, 0.15) is 17.3 Å². The lowest BCUT2D eigenvalue weighted by Crippen LogP contribution is -2.33. The molecule has 0 N–H and O–H groups in total. The van der Waals surface area contributed by atoms with Crippen LogP contribution in [0.5, 0.6) is 0 Å². The molecule has 0 saturated carbocycles. The Bertz CT molecular complexity index is 304. The molecule has 14 heavy (non-hydrogen) atoms. The summed E-state index contributed by atoms with van der Waals surface area (Å²) in [6.07, 6.45) is 0. The molecule has 1 aromatic rings. The molecule has 1 nitrogen and oxygen atoms in total. The Morgan fingerprint density at radius 2 is 1.71 bits per heavy atom. The van der Waals surface area contributed by atoms with Crippen LogP contribution in [0.25, 0.3) is 0 Å². The van der Waals surface area contributed by atoms with E-state index in [0.717, 1.165) is 11.5 Å². The molecule has 75 valence electrons. The predicted octanol–water partition coefficient (Wildman–Crippen LogP) is 2.32. The molecule has 2 rings (SSSR count). The van der Waals surface area contributed by atoms with Crippen LogP contribution in [0.4, 0.5) is 14.5 Å². The maximum Gasteiger partial charge on any atom is 0.150 e. The average molecular weight is 214 g/mol. The highest BCUT2D eigenvalue weighted by molar-refractivity contribution is 7.99. The lowest BCUT2D eigenvalue weighted by Gasteiger charge is -2.28. The summed E-state index contributed by atoms with van der Waals surface area (Å²) in [5.41, 5.74) is 0.101. The van der Waals surface area contributed by atoms with E-state index in [1.165, 1.54) is 12.1 Å². The molecular weight excluding hydrogens is 204 g/mol. The van der Waals surface area contributed by atoms with Crippen molar-refractivity contribution in [3.63, 3.8) is 0 Å². The first-order valence-corrected chi connectivity index (χ1v) is 5.62. The number of halogens is 2. The second-order valence-corrected chi connectivity index (χ2v) is 4.32. The zero-order chi connectivity index (χ0) is 9.97. The van der Waals surface area contributed by atoms with Gasteiger partial charge in [0.2, 0.25) is 0 Å². The minimum absolute atomic E-state index is 0.101. The molecule has 0 amide bonds. The van der Waals surface area contributed by atoms with Crippen molar-refractivity contribution in [2.24, 2.45) is 0 Å². The summed E-state index contributed by atoms with van der Waals surface area (Å²) in [6.45, 7) is 1.42. The Balaban J connectivity index is 2.29. The van der Waals surface area contributed by atoms with E-state index in [1.807, 2.05) is 11.8 Å². The number of benzene rings is 1. The van der Waals surface area contributed by atoms with E-state index in [4.69, 9.17) is 0 Å². The number of nitrogens with zero attached hydrogens (tertiary/aromatic N) is 1. The first-order valence-electron chi connectivity index (χ1n) is 4.47. The van der Waals surface area contributed by atoms with Crippen molar-refractivity contribution in [1.29, 1.82) is 0 Å². The molecule has 1 heterocycles. The van der Waals surface area contributed by atoms with Crippen molar-refractivity contribution in [1.82, 2.24) is 0 Å². The van der Waals surface area contributed by atoms with E-state index in [2.05, 4.69) is 6.07 Å². The van der Waals surface area contributed by atoms with Gasteiger partial charge in [-0.2, -0.15) is 11.8 Å². The topological polar surface area (TPSA) is 3.24 Å². The van der Waals surface area contributed by atoms with Gasteiger partial charge >= 0.3 is 0 Å². The van der Waals surface area contributed by atoms with Gasteiger partial charge in [-0.05, 0) is 18.2 Å². The van der Waals surface area contributed by atoms with Crippen molar-refractivity contribution in [3.8, 4) is 0 Å². The maximum atomic E-state index is 13.3. The average Bonchev–Trinajstić information content (AvgIpc) is 2.19. The van der Waals surface area contributed by atoms with Crippen molar-refractivity contribution >= 4 is 17.4 Å². The van der Waals surface area contributed by atoms with Crippen LogP contribution in [-0.4, -0.2) is 24.6 Å². The Kier molecular flexibility index (Phi) is 2.91. The van der Waals surface area contributed by atoms with Crippen molar-refractivity contribution in [2.75, 3.05) is 29.5 Å². The fourth-order valence-electron chi connectivity index (χ4n) is 1.53. The van der Waals surface area contributed by atoms with Gasteiger partial charge in [0, 0.05) is 24.6 Å². The van der Waals surface area contributed by atoms with Gasteiger partial charge in [-0.1, -0.05) is 0 Å². The molecule has 0 aromatic heterocycles. The van der Waals surface area contributed by atoms with Gasteiger partial charge in [0.25, 0.3) is 0 Å². The number of rotatable bonds is 1.